The highest BCUT2D eigenvalue weighted by Crippen LogP contribution is 2.33. The average Bonchev–Trinajstić information content (AvgIpc) is 3.22. The summed E-state index contributed by atoms with van der Waals surface area (Å²) in [4.78, 5) is 17.5. The third kappa shape index (κ3) is 3.44. The van der Waals surface area contributed by atoms with E-state index in [-0.39, 0.29) is 11.7 Å². The SMILES string of the molecule is COc1ccc(-c2nc(C)sc2CNC(=O)c2ccco2)cc1Cl. The van der Waals surface area contributed by atoms with E-state index in [2.05, 4.69) is 10.3 Å². The Bertz CT molecular complexity index is 859. The molecule has 0 fully saturated rings. The molecule has 0 atom stereocenters. The predicted octanol–water partition coefficient (Wildman–Crippen LogP) is 4.30. The fraction of sp³-hybridized carbons (Fsp3) is 0.176. The molecule has 3 rings (SSSR count). The van der Waals surface area contributed by atoms with E-state index in [1.807, 2.05) is 19.1 Å². The Morgan fingerprint density at radius 2 is 2.25 bits per heavy atom. The van der Waals surface area contributed by atoms with Crippen LogP contribution in [0.3, 0.4) is 0 Å². The zero-order valence-electron chi connectivity index (χ0n) is 13.1. The first-order valence-electron chi connectivity index (χ1n) is 7.20. The minimum absolute atomic E-state index is 0.259. The van der Waals surface area contributed by atoms with E-state index in [1.165, 1.54) is 17.6 Å². The van der Waals surface area contributed by atoms with E-state index in [0.29, 0.717) is 17.3 Å². The summed E-state index contributed by atoms with van der Waals surface area (Å²) in [6.45, 7) is 2.29. The molecule has 124 valence electrons. The van der Waals surface area contributed by atoms with Crippen LogP contribution in [0.1, 0.15) is 20.4 Å². The van der Waals surface area contributed by atoms with Crippen LogP contribution in [0.15, 0.2) is 41.0 Å². The van der Waals surface area contributed by atoms with Gasteiger partial charge in [-0.25, -0.2) is 4.98 Å². The number of hydrogen-bond donors (Lipinski definition) is 1. The Hall–Kier alpha value is -2.31. The highest BCUT2D eigenvalue weighted by Gasteiger charge is 2.15. The van der Waals surface area contributed by atoms with Gasteiger partial charge in [-0.2, -0.15) is 0 Å². The van der Waals surface area contributed by atoms with Gasteiger partial charge >= 0.3 is 0 Å². The zero-order valence-corrected chi connectivity index (χ0v) is 14.7. The number of halogens is 1. The molecular weight excluding hydrogens is 348 g/mol. The van der Waals surface area contributed by atoms with Crippen molar-refractivity contribution in [1.82, 2.24) is 10.3 Å². The molecule has 1 amide bonds. The molecule has 0 saturated carbocycles. The quantitative estimate of drug-likeness (QED) is 0.734. The number of benzene rings is 1. The number of carbonyl (C=O) groups excluding carboxylic acids is 1. The van der Waals surface area contributed by atoms with E-state index in [0.717, 1.165) is 21.1 Å². The second-order valence-corrected chi connectivity index (χ2v) is 6.71. The van der Waals surface area contributed by atoms with Crippen LogP contribution < -0.4 is 10.1 Å². The Morgan fingerprint density at radius 1 is 1.42 bits per heavy atom. The first-order valence-corrected chi connectivity index (χ1v) is 8.40. The van der Waals surface area contributed by atoms with E-state index in [9.17, 15) is 4.79 Å². The third-order valence-electron chi connectivity index (χ3n) is 3.38. The van der Waals surface area contributed by atoms with E-state index in [4.69, 9.17) is 20.8 Å². The van der Waals surface area contributed by atoms with Crippen LogP contribution in [0.5, 0.6) is 5.75 Å². The largest absolute Gasteiger partial charge is 0.495 e. The minimum Gasteiger partial charge on any atom is -0.495 e. The molecule has 1 aromatic carbocycles. The Kier molecular flexibility index (Phi) is 4.87. The minimum atomic E-state index is -0.259. The summed E-state index contributed by atoms with van der Waals surface area (Å²) in [5, 5.41) is 4.28. The fourth-order valence-corrected chi connectivity index (χ4v) is 3.44. The number of thiazole rings is 1. The van der Waals surface area contributed by atoms with Gasteiger partial charge in [0.2, 0.25) is 0 Å². The monoisotopic (exact) mass is 362 g/mol. The maximum atomic E-state index is 12.0. The number of rotatable bonds is 5. The van der Waals surface area contributed by atoms with Gasteiger partial charge in [-0.15, -0.1) is 11.3 Å². The van der Waals surface area contributed by atoms with Crippen molar-refractivity contribution in [1.29, 1.82) is 0 Å². The van der Waals surface area contributed by atoms with Crippen molar-refractivity contribution in [2.75, 3.05) is 7.11 Å². The molecule has 5 nitrogen and oxygen atoms in total. The number of methoxy groups -OCH3 is 1. The molecule has 2 heterocycles. The van der Waals surface area contributed by atoms with Crippen LogP contribution >= 0.6 is 22.9 Å². The topological polar surface area (TPSA) is 64.4 Å². The zero-order chi connectivity index (χ0) is 17.1. The van der Waals surface area contributed by atoms with Gasteiger partial charge in [0.1, 0.15) is 5.75 Å². The lowest BCUT2D eigenvalue weighted by Crippen LogP contribution is -2.22. The van der Waals surface area contributed by atoms with Crippen LogP contribution in [0, 0.1) is 6.92 Å². The smallest absolute Gasteiger partial charge is 0.287 e. The van der Waals surface area contributed by atoms with Crippen molar-refractivity contribution in [2.24, 2.45) is 0 Å². The molecule has 0 aliphatic heterocycles. The molecule has 24 heavy (non-hydrogen) atoms. The van der Waals surface area contributed by atoms with Crippen molar-refractivity contribution < 1.29 is 13.9 Å². The molecule has 1 N–H and O–H groups in total. The molecule has 0 saturated heterocycles. The third-order valence-corrected chi connectivity index (χ3v) is 4.65. The van der Waals surface area contributed by atoms with E-state index in [1.54, 1.807) is 25.3 Å². The maximum absolute atomic E-state index is 12.0. The van der Waals surface area contributed by atoms with Gasteiger partial charge in [0.05, 0.1) is 40.5 Å². The first kappa shape index (κ1) is 16.5. The van der Waals surface area contributed by atoms with Crippen LogP contribution in [0.4, 0.5) is 0 Å². The van der Waals surface area contributed by atoms with E-state index >= 15 is 0 Å². The lowest BCUT2D eigenvalue weighted by molar-refractivity contribution is 0.0923. The molecule has 2 aromatic heterocycles. The van der Waals surface area contributed by atoms with Crippen molar-refractivity contribution >= 4 is 28.8 Å². The second kappa shape index (κ2) is 7.07. The Balaban J connectivity index is 1.83. The van der Waals surface area contributed by atoms with Crippen LogP contribution in [-0.2, 0) is 6.54 Å². The number of amides is 1. The van der Waals surface area contributed by atoms with Gasteiger partial charge in [-0.3, -0.25) is 4.79 Å². The summed E-state index contributed by atoms with van der Waals surface area (Å²) >= 11 is 7.74. The lowest BCUT2D eigenvalue weighted by Gasteiger charge is -2.07. The normalized spacial score (nSPS) is 10.6. The van der Waals surface area contributed by atoms with Crippen LogP contribution in [-0.4, -0.2) is 18.0 Å². The molecule has 3 aromatic rings. The number of hydrogen-bond acceptors (Lipinski definition) is 5. The number of aryl methyl sites for hydroxylation is 1. The standard InChI is InChI=1S/C17H15ClN2O3S/c1-10-20-16(11-5-6-13(22-2)12(18)8-11)15(24-10)9-19-17(21)14-4-3-7-23-14/h3-8H,9H2,1-2H3,(H,19,21). The lowest BCUT2D eigenvalue weighted by atomic mass is 10.1. The van der Waals surface area contributed by atoms with Crippen molar-refractivity contribution in [3.8, 4) is 17.0 Å². The average molecular weight is 363 g/mol. The van der Waals surface area contributed by atoms with Gasteiger partial charge in [0.25, 0.3) is 5.91 Å². The molecule has 0 unspecified atom stereocenters. The molecule has 0 aliphatic rings. The Morgan fingerprint density at radius 3 is 2.92 bits per heavy atom. The van der Waals surface area contributed by atoms with E-state index < -0.39 is 0 Å². The number of ether oxygens (including phenoxy) is 1. The number of nitrogens with zero attached hydrogens (tertiary/aromatic N) is 1. The summed E-state index contributed by atoms with van der Waals surface area (Å²) in [7, 11) is 1.57. The van der Waals surface area contributed by atoms with Crippen molar-refractivity contribution in [3.05, 3.63) is 57.3 Å². The Labute approximate surface area is 148 Å². The number of aromatic nitrogens is 1. The molecule has 7 heteroatoms. The molecule has 0 spiro atoms. The predicted molar refractivity (Wildman–Crippen MR) is 93.7 cm³/mol. The highest BCUT2D eigenvalue weighted by molar-refractivity contribution is 7.12. The van der Waals surface area contributed by atoms with Crippen molar-refractivity contribution in [3.63, 3.8) is 0 Å². The molecule has 0 radical (unpaired) electrons. The second-order valence-electron chi connectivity index (χ2n) is 5.01. The van der Waals surface area contributed by atoms with Crippen LogP contribution in [0.2, 0.25) is 5.02 Å². The van der Waals surface area contributed by atoms with Gasteiger partial charge in [0, 0.05) is 5.56 Å². The van der Waals surface area contributed by atoms with Gasteiger partial charge < -0.3 is 14.5 Å². The van der Waals surface area contributed by atoms with Gasteiger partial charge in [-0.05, 0) is 37.3 Å². The summed E-state index contributed by atoms with van der Waals surface area (Å²) in [5.74, 6) is 0.634. The summed E-state index contributed by atoms with van der Waals surface area (Å²) in [6, 6.07) is 8.81. The molecule has 0 aliphatic carbocycles. The summed E-state index contributed by atoms with van der Waals surface area (Å²) < 4.78 is 10.3. The maximum Gasteiger partial charge on any atom is 0.287 e. The highest BCUT2D eigenvalue weighted by atomic mass is 35.5. The summed E-state index contributed by atoms with van der Waals surface area (Å²) in [5.41, 5.74) is 1.69. The van der Waals surface area contributed by atoms with Gasteiger partial charge in [0.15, 0.2) is 5.76 Å². The number of carbonyl (C=O) groups is 1. The fourth-order valence-electron chi connectivity index (χ4n) is 2.28. The first-order chi connectivity index (χ1) is 11.6. The summed E-state index contributed by atoms with van der Waals surface area (Å²) in [6.07, 6.45) is 1.47. The van der Waals surface area contributed by atoms with Crippen LogP contribution in [0.25, 0.3) is 11.3 Å². The number of nitrogens with one attached hydrogen (secondary N) is 1. The van der Waals surface area contributed by atoms with Crippen molar-refractivity contribution in [2.45, 2.75) is 13.5 Å². The molecule has 0 bridgehead atoms. The number of furan rings is 1. The molecular formula is C17H15ClN2O3S. The van der Waals surface area contributed by atoms with Gasteiger partial charge in [-0.1, -0.05) is 11.6 Å².